The van der Waals surface area contributed by atoms with Gasteiger partial charge < -0.3 is 10.5 Å². The van der Waals surface area contributed by atoms with Gasteiger partial charge in [-0.1, -0.05) is 13.0 Å². The molecule has 1 amide bonds. The van der Waals surface area contributed by atoms with Gasteiger partial charge in [-0.05, 0) is 24.1 Å². The van der Waals surface area contributed by atoms with Gasteiger partial charge in [0.05, 0.1) is 11.8 Å². The molecule has 0 spiro atoms. The average molecular weight is 245 g/mol. The molecule has 0 aliphatic carbocycles. The first-order valence-electron chi connectivity index (χ1n) is 5.89. The van der Waals surface area contributed by atoms with E-state index in [2.05, 4.69) is 0 Å². The Labute approximate surface area is 106 Å². The standard InChI is InChI=1S/C13H15N3O2/c1-2-11-13(17)16(6-5-14)10-7-9(8-15)3-4-12(10)18-11/h3-4,7,11H,2,6,8,15H2,1H3. The topological polar surface area (TPSA) is 79.3 Å². The number of hydrogen-bond acceptors (Lipinski definition) is 4. The van der Waals surface area contributed by atoms with E-state index < -0.39 is 6.10 Å². The van der Waals surface area contributed by atoms with Crippen molar-refractivity contribution >= 4 is 11.6 Å². The third-order valence-corrected chi connectivity index (χ3v) is 2.96. The van der Waals surface area contributed by atoms with Crippen molar-refractivity contribution in [2.24, 2.45) is 5.73 Å². The van der Waals surface area contributed by atoms with E-state index in [-0.39, 0.29) is 12.5 Å². The predicted octanol–water partition coefficient (Wildman–Crippen LogP) is 1.17. The molecule has 1 unspecified atom stereocenters. The minimum Gasteiger partial charge on any atom is -0.478 e. The largest absolute Gasteiger partial charge is 0.478 e. The number of rotatable bonds is 3. The van der Waals surface area contributed by atoms with Crippen molar-refractivity contribution in [2.45, 2.75) is 26.0 Å². The van der Waals surface area contributed by atoms with Crippen molar-refractivity contribution < 1.29 is 9.53 Å². The molecule has 5 nitrogen and oxygen atoms in total. The van der Waals surface area contributed by atoms with Gasteiger partial charge in [0.1, 0.15) is 12.3 Å². The lowest BCUT2D eigenvalue weighted by Crippen LogP contribution is -2.45. The maximum absolute atomic E-state index is 12.1. The van der Waals surface area contributed by atoms with Crippen molar-refractivity contribution in [3.8, 4) is 11.8 Å². The molecule has 18 heavy (non-hydrogen) atoms. The molecule has 0 bridgehead atoms. The molecule has 0 saturated carbocycles. The normalized spacial score (nSPS) is 17.9. The van der Waals surface area contributed by atoms with E-state index >= 15 is 0 Å². The van der Waals surface area contributed by atoms with Crippen LogP contribution >= 0.6 is 0 Å². The summed E-state index contributed by atoms with van der Waals surface area (Å²) < 4.78 is 5.63. The average Bonchev–Trinajstić information content (AvgIpc) is 2.41. The van der Waals surface area contributed by atoms with E-state index in [1.165, 1.54) is 4.90 Å². The van der Waals surface area contributed by atoms with E-state index in [0.29, 0.717) is 24.4 Å². The van der Waals surface area contributed by atoms with Gasteiger partial charge in [-0.15, -0.1) is 0 Å². The summed E-state index contributed by atoms with van der Waals surface area (Å²) in [4.78, 5) is 13.6. The van der Waals surface area contributed by atoms with Crippen LogP contribution in [-0.2, 0) is 11.3 Å². The van der Waals surface area contributed by atoms with E-state index in [4.69, 9.17) is 15.7 Å². The number of nitrogens with zero attached hydrogens (tertiary/aromatic N) is 2. The molecule has 0 radical (unpaired) electrons. The highest BCUT2D eigenvalue weighted by molar-refractivity contribution is 6.00. The minimum atomic E-state index is -0.505. The second kappa shape index (κ2) is 5.07. The Morgan fingerprint density at radius 1 is 1.56 bits per heavy atom. The Balaban J connectivity index is 2.46. The molecule has 5 heteroatoms. The van der Waals surface area contributed by atoms with Crippen molar-refractivity contribution in [3.05, 3.63) is 23.8 Å². The summed E-state index contributed by atoms with van der Waals surface area (Å²) >= 11 is 0. The van der Waals surface area contributed by atoms with Gasteiger partial charge in [-0.25, -0.2) is 0 Å². The molecule has 1 aromatic carbocycles. The Kier molecular flexibility index (Phi) is 3.49. The first kappa shape index (κ1) is 12.4. The molecule has 0 fully saturated rings. The lowest BCUT2D eigenvalue weighted by Gasteiger charge is -2.32. The maximum atomic E-state index is 12.1. The summed E-state index contributed by atoms with van der Waals surface area (Å²) in [5, 5.41) is 8.84. The number of ether oxygens (including phenoxy) is 1. The zero-order valence-corrected chi connectivity index (χ0v) is 10.2. The molecule has 1 atom stereocenters. The quantitative estimate of drug-likeness (QED) is 0.811. The number of hydrogen-bond donors (Lipinski definition) is 1. The Morgan fingerprint density at radius 3 is 2.94 bits per heavy atom. The Morgan fingerprint density at radius 2 is 2.33 bits per heavy atom. The van der Waals surface area contributed by atoms with E-state index in [0.717, 1.165) is 5.56 Å². The number of amides is 1. The van der Waals surface area contributed by atoms with Gasteiger partial charge in [-0.2, -0.15) is 5.26 Å². The summed E-state index contributed by atoms with van der Waals surface area (Å²) in [6.07, 6.45) is 0.0772. The van der Waals surface area contributed by atoms with Crippen LogP contribution in [0.25, 0.3) is 0 Å². The van der Waals surface area contributed by atoms with E-state index in [1.807, 2.05) is 19.1 Å². The molecule has 1 aromatic rings. The summed E-state index contributed by atoms with van der Waals surface area (Å²) in [6.45, 7) is 2.30. The second-order valence-corrected chi connectivity index (χ2v) is 4.10. The maximum Gasteiger partial charge on any atom is 0.269 e. The summed E-state index contributed by atoms with van der Waals surface area (Å²) in [6, 6.07) is 7.48. The van der Waals surface area contributed by atoms with E-state index in [9.17, 15) is 4.79 Å². The van der Waals surface area contributed by atoms with Crippen molar-refractivity contribution in [1.29, 1.82) is 5.26 Å². The lowest BCUT2D eigenvalue weighted by molar-refractivity contribution is -0.126. The highest BCUT2D eigenvalue weighted by atomic mass is 16.5. The molecule has 1 aliphatic rings. The van der Waals surface area contributed by atoms with Gasteiger partial charge in [0.25, 0.3) is 5.91 Å². The van der Waals surface area contributed by atoms with Crippen molar-refractivity contribution in [3.63, 3.8) is 0 Å². The van der Waals surface area contributed by atoms with Gasteiger partial charge in [-0.3, -0.25) is 9.69 Å². The molecule has 2 N–H and O–H groups in total. The van der Waals surface area contributed by atoms with Gasteiger partial charge >= 0.3 is 0 Å². The van der Waals surface area contributed by atoms with Crippen LogP contribution in [0.2, 0.25) is 0 Å². The summed E-state index contributed by atoms with van der Waals surface area (Å²) in [5.74, 6) is 0.467. The van der Waals surface area contributed by atoms with Crippen LogP contribution in [0.15, 0.2) is 18.2 Å². The number of benzene rings is 1. The third kappa shape index (κ3) is 2.03. The SMILES string of the molecule is CCC1Oc2ccc(CN)cc2N(CC#N)C1=O. The van der Waals surface area contributed by atoms with Crippen LogP contribution in [0.4, 0.5) is 5.69 Å². The molecule has 2 rings (SSSR count). The molecule has 94 valence electrons. The van der Waals surface area contributed by atoms with Gasteiger partial charge in [0.15, 0.2) is 6.10 Å². The fraction of sp³-hybridized carbons (Fsp3) is 0.385. The van der Waals surface area contributed by atoms with Gasteiger partial charge in [0.2, 0.25) is 0 Å². The highest BCUT2D eigenvalue weighted by Crippen LogP contribution is 2.35. The van der Waals surface area contributed by atoms with Crippen LogP contribution in [0.3, 0.4) is 0 Å². The van der Waals surface area contributed by atoms with Crippen LogP contribution in [0.5, 0.6) is 5.75 Å². The molecule has 1 aliphatic heterocycles. The third-order valence-electron chi connectivity index (χ3n) is 2.96. The molecular formula is C13H15N3O2. The zero-order chi connectivity index (χ0) is 13.1. The van der Waals surface area contributed by atoms with Crippen LogP contribution in [0.1, 0.15) is 18.9 Å². The van der Waals surface area contributed by atoms with Crippen LogP contribution in [0, 0.1) is 11.3 Å². The number of nitrogens with two attached hydrogens (primary N) is 1. The number of nitriles is 1. The Bertz CT molecular complexity index is 507. The minimum absolute atomic E-state index is 0.0275. The van der Waals surface area contributed by atoms with Crippen molar-refractivity contribution in [1.82, 2.24) is 0 Å². The molecular weight excluding hydrogens is 230 g/mol. The summed E-state index contributed by atoms with van der Waals surface area (Å²) in [7, 11) is 0. The van der Waals surface area contributed by atoms with Crippen molar-refractivity contribution in [2.75, 3.05) is 11.4 Å². The lowest BCUT2D eigenvalue weighted by atomic mass is 10.1. The number of anilines is 1. The fourth-order valence-corrected chi connectivity index (χ4v) is 1.99. The Hall–Kier alpha value is -2.06. The van der Waals surface area contributed by atoms with E-state index in [1.54, 1.807) is 12.1 Å². The first-order chi connectivity index (χ1) is 8.71. The summed E-state index contributed by atoms with van der Waals surface area (Å²) in [5.41, 5.74) is 7.12. The smallest absolute Gasteiger partial charge is 0.269 e. The van der Waals surface area contributed by atoms with Crippen LogP contribution in [-0.4, -0.2) is 18.6 Å². The number of carbonyl (C=O) groups is 1. The monoisotopic (exact) mass is 245 g/mol. The molecule has 0 aromatic heterocycles. The zero-order valence-electron chi connectivity index (χ0n) is 10.2. The second-order valence-electron chi connectivity index (χ2n) is 4.10. The number of carbonyl (C=O) groups excluding carboxylic acids is 1. The molecule has 0 saturated heterocycles. The first-order valence-corrected chi connectivity index (χ1v) is 5.89. The number of fused-ring (bicyclic) bond motifs is 1. The predicted molar refractivity (Wildman–Crippen MR) is 67.0 cm³/mol. The highest BCUT2D eigenvalue weighted by Gasteiger charge is 2.33. The fourth-order valence-electron chi connectivity index (χ4n) is 1.99. The van der Waals surface area contributed by atoms with Gasteiger partial charge in [0, 0.05) is 6.54 Å². The van der Waals surface area contributed by atoms with Crippen LogP contribution < -0.4 is 15.4 Å². The molecule has 1 heterocycles.